The van der Waals surface area contributed by atoms with E-state index >= 15 is 0 Å². The van der Waals surface area contributed by atoms with Crippen molar-refractivity contribution in [2.45, 2.75) is 13.0 Å². The normalized spacial score (nSPS) is 14.2. The second-order valence-corrected chi connectivity index (χ2v) is 8.96. The molecule has 0 aliphatic carbocycles. The van der Waals surface area contributed by atoms with Crippen molar-refractivity contribution >= 4 is 21.6 Å². The zero-order valence-electron chi connectivity index (χ0n) is 16.5. The lowest BCUT2D eigenvalue weighted by molar-refractivity contribution is -0.00346. The highest BCUT2D eigenvalue weighted by atomic mass is 32.2. The van der Waals surface area contributed by atoms with Crippen molar-refractivity contribution < 1.29 is 22.5 Å². The molecular formula is C21H21N3O5S. The minimum absolute atomic E-state index is 0.0159. The van der Waals surface area contributed by atoms with Gasteiger partial charge in [0.15, 0.2) is 5.76 Å². The van der Waals surface area contributed by atoms with Crippen LogP contribution in [0, 0.1) is 6.92 Å². The lowest BCUT2D eigenvalue weighted by Crippen LogP contribution is -2.48. The van der Waals surface area contributed by atoms with E-state index in [2.05, 4.69) is 15.2 Å². The number of hydrogen-bond acceptors (Lipinski definition) is 6. The number of rotatable bonds is 6. The largest absolute Gasteiger partial charge is 0.377 e. The minimum atomic E-state index is -3.31. The highest BCUT2D eigenvalue weighted by molar-refractivity contribution is 7.92. The fourth-order valence-electron chi connectivity index (χ4n) is 3.17. The van der Waals surface area contributed by atoms with E-state index in [1.54, 1.807) is 19.1 Å². The number of nitrogens with one attached hydrogen (secondary N) is 2. The lowest BCUT2D eigenvalue weighted by atomic mass is 10.0. The van der Waals surface area contributed by atoms with E-state index in [1.165, 1.54) is 0 Å². The molecule has 4 rings (SSSR count). The molecule has 30 heavy (non-hydrogen) atoms. The van der Waals surface area contributed by atoms with Crippen molar-refractivity contribution in [3.63, 3.8) is 0 Å². The molecule has 1 saturated heterocycles. The molecule has 0 saturated carbocycles. The zero-order chi connectivity index (χ0) is 21.3. The molecular weight excluding hydrogens is 406 g/mol. The summed E-state index contributed by atoms with van der Waals surface area (Å²) in [6.07, 6.45) is 1.11. The predicted octanol–water partition coefficient (Wildman–Crippen LogP) is 2.82. The molecule has 9 heteroatoms. The first kappa shape index (κ1) is 20.1. The van der Waals surface area contributed by atoms with E-state index in [1.807, 2.05) is 36.4 Å². The standard InChI is InChI=1S/C21H21N3O5S/c1-13-19(21(25)22-18-11-28-12-18)20(29-23-13)16-5-3-14(4-6-16)15-7-9-17(10-8-15)24-30(2,26)27/h3-10,18,24H,11-12H2,1-2H3,(H,22,25). The van der Waals surface area contributed by atoms with Gasteiger partial charge in [-0.1, -0.05) is 41.6 Å². The van der Waals surface area contributed by atoms with Crippen molar-refractivity contribution in [3.05, 3.63) is 59.8 Å². The number of aromatic nitrogens is 1. The number of benzene rings is 2. The van der Waals surface area contributed by atoms with Crippen molar-refractivity contribution in [3.8, 4) is 22.5 Å². The summed E-state index contributed by atoms with van der Waals surface area (Å²) >= 11 is 0. The first-order valence-corrected chi connectivity index (χ1v) is 11.2. The Morgan fingerprint density at radius 2 is 1.57 bits per heavy atom. The van der Waals surface area contributed by atoms with E-state index in [-0.39, 0.29) is 11.9 Å². The van der Waals surface area contributed by atoms with Crippen LogP contribution in [0.3, 0.4) is 0 Å². The van der Waals surface area contributed by atoms with E-state index < -0.39 is 10.0 Å². The van der Waals surface area contributed by atoms with Gasteiger partial charge in [0.05, 0.1) is 31.2 Å². The predicted molar refractivity (Wildman–Crippen MR) is 113 cm³/mol. The van der Waals surface area contributed by atoms with Gasteiger partial charge in [0.2, 0.25) is 10.0 Å². The molecule has 1 aliphatic heterocycles. The van der Waals surface area contributed by atoms with Crippen molar-refractivity contribution in [2.24, 2.45) is 0 Å². The van der Waals surface area contributed by atoms with Gasteiger partial charge < -0.3 is 14.6 Å². The lowest BCUT2D eigenvalue weighted by Gasteiger charge is -2.26. The highest BCUT2D eigenvalue weighted by Gasteiger charge is 2.26. The van der Waals surface area contributed by atoms with Crippen LogP contribution in [0.25, 0.3) is 22.5 Å². The first-order chi connectivity index (χ1) is 14.3. The van der Waals surface area contributed by atoms with Crippen LogP contribution < -0.4 is 10.0 Å². The molecule has 0 bridgehead atoms. The SMILES string of the molecule is Cc1noc(-c2ccc(-c3ccc(NS(C)(=O)=O)cc3)cc2)c1C(=O)NC1COC1. The van der Waals surface area contributed by atoms with E-state index in [0.717, 1.165) is 22.9 Å². The van der Waals surface area contributed by atoms with Gasteiger partial charge in [-0.15, -0.1) is 0 Å². The first-order valence-electron chi connectivity index (χ1n) is 9.34. The molecule has 0 radical (unpaired) electrons. The summed E-state index contributed by atoms with van der Waals surface area (Å²) in [6, 6.07) is 14.6. The molecule has 1 amide bonds. The van der Waals surface area contributed by atoms with Crippen molar-refractivity contribution in [1.82, 2.24) is 10.5 Å². The molecule has 0 spiro atoms. The molecule has 8 nitrogen and oxygen atoms in total. The molecule has 2 heterocycles. The summed E-state index contributed by atoms with van der Waals surface area (Å²) in [5.74, 6) is 0.194. The Balaban J connectivity index is 1.55. The second kappa shape index (κ2) is 7.92. The number of nitrogens with zero attached hydrogens (tertiary/aromatic N) is 1. The quantitative estimate of drug-likeness (QED) is 0.626. The van der Waals surface area contributed by atoms with Crippen LogP contribution in [0.4, 0.5) is 5.69 Å². The number of carbonyl (C=O) groups excluding carboxylic acids is 1. The Kier molecular flexibility index (Phi) is 5.31. The number of amides is 1. The zero-order valence-corrected chi connectivity index (χ0v) is 17.3. The summed E-state index contributed by atoms with van der Waals surface area (Å²) in [5, 5.41) is 6.88. The van der Waals surface area contributed by atoms with Gasteiger partial charge >= 0.3 is 0 Å². The van der Waals surface area contributed by atoms with Crippen LogP contribution >= 0.6 is 0 Å². The maximum Gasteiger partial charge on any atom is 0.257 e. The summed E-state index contributed by atoms with van der Waals surface area (Å²) in [4.78, 5) is 12.6. The van der Waals surface area contributed by atoms with Crippen LogP contribution in [0.15, 0.2) is 53.1 Å². The average molecular weight is 427 g/mol. The van der Waals surface area contributed by atoms with Crippen molar-refractivity contribution in [2.75, 3.05) is 24.2 Å². The molecule has 1 fully saturated rings. The number of sulfonamides is 1. The van der Waals surface area contributed by atoms with Gasteiger partial charge in [0.25, 0.3) is 5.91 Å². The van der Waals surface area contributed by atoms with Gasteiger partial charge in [0.1, 0.15) is 5.56 Å². The molecule has 0 atom stereocenters. The third-order valence-electron chi connectivity index (χ3n) is 4.73. The monoisotopic (exact) mass is 427 g/mol. The number of hydrogen-bond donors (Lipinski definition) is 2. The van der Waals surface area contributed by atoms with Crippen LogP contribution in [0.2, 0.25) is 0 Å². The Bertz CT molecular complexity index is 1160. The van der Waals surface area contributed by atoms with Gasteiger partial charge in [-0.2, -0.15) is 0 Å². The van der Waals surface area contributed by atoms with Crippen LogP contribution in [0.5, 0.6) is 0 Å². The fraction of sp³-hybridized carbons (Fsp3) is 0.238. The number of ether oxygens (including phenoxy) is 1. The summed E-state index contributed by atoms with van der Waals surface area (Å²) < 4.78 is 35.6. The number of aryl methyl sites for hydroxylation is 1. The Labute approximate surface area is 174 Å². The third-order valence-corrected chi connectivity index (χ3v) is 5.34. The molecule has 156 valence electrons. The highest BCUT2D eigenvalue weighted by Crippen LogP contribution is 2.29. The van der Waals surface area contributed by atoms with Crippen LogP contribution in [0.1, 0.15) is 16.1 Å². The number of carbonyl (C=O) groups is 1. The van der Waals surface area contributed by atoms with Gasteiger partial charge in [-0.3, -0.25) is 9.52 Å². The van der Waals surface area contributed by atoms with Crippen LogP contribution in [-0.2, 0) is 14.8 Å². The molecule has 1 aliphatic rings. The fourth-order valence-corrected chi connectivity index (χ4v) is 3.73. The van der Waals surface area contributed by atoms with E-state index in [4.69, 9.17) is 9.26 Å². The Morgan fingerprint density at radius 1 is 1.00 bits per heavy atom. The van der Waals surface area contributed by atoms with E-state index in [0.29, 0.717) is 35.9 Å². The molecule has 3 aromatic rings. The topological polar surface area (TPSA) is 111 Å². The number of anilines is 1. The summed E-state index contributed by atoms with van der Waals surface area (Å²) in [7, 11) is -3.31. The summed E-state index contributed by atoms with van der Waals surface area (Å²) in [6.45, 7) is 2.76. The Hall–Kier alpha value is -3.17. The van der Waals surface area contributed by atoms with E-state index in [9.17, 15) is 13.2 Å². The molecule has 0 unspecified atom stereocenters. The average Bonchev–Trinajstić information content (AvgIpc) is 3.06. The van der Waals surface area contributed by atoms with Crippen LogP contribution in [-0.4, -0.2) is 45.0 Å². The molecule has 2 N–H and O–H groups in total. The van der Waals surface area contributed by atoms with Crippen molar-refractivity contribution in [1.29, 1.82) is 0 Å². The summed E-state index contributed by atoms with van der Waals surface area (Å²) in [5.41, 5.74) is 4.06. The smallest absolute Gasteiger partial charge is 0.257 e. The Morgan fingerprint density at radius 3 is 2.10 bits per heavy atom. The second-order valence-electron chi connectivity index (χ2n) is 7.21. The minimum Gasteiger partial charge on any atom is -0.377 e. The maximum absolute atomic E-state index is 12.6. The molecule has 2 aromatic carbocycles. The molecule has 1 aromatic heterocycles. The van der Waals surface area contributed by atoms with Gasteiger partial charge in [-0.05, 0) is 30.2 Å². The maximum atomic E-state index is 12.6. The van der Waals surface area contributed by atoms with Gasteiger partial charge in [0, 0.05) is 11.3 Å². The third kappa shape index (κ3) is 4.37. The van der Waals surface area contributed by atoms with Gasteiger partial charge in [-0.25, -0.2) is 8.42 Å².